The van der Waals surface area contributed by atoms with E-state index < -0.39 is 0 Å². The summed E-state index contributed by atoms with van der Waals surface area (Å²) in [6, 6.07) is 0. The molecule has 0 aromatic heterocycles. The molecule has 1 nitrogen and oxygen atoms in total. The third kappa shape index (κ3) is 15.9. The van der Waals surface area contributed by atoms with Crippen LogP contribution in [0.2, 0.25) is 0 Å². The molecule has 2 heteroatoms. The molecule has 0 aromatic rings. The Kier molecular flexibility index (Phi) is 16.8. The SMILES string of the molecule is CCCCCCCC/C=C\CCC(Br)CCCC[C]=O. The van der Waals surface area contributed by atoms with Gasteiger partial charge in [-0.2, -0.15) is 0 Å². The molecule has 0 saturated heterocycles. The van der Waals surface area contributed by atoms with E-state index >= 15 is 0 Å². The van der Waals surface area contributed by atoms with Crippen LogP contribution in [0, 0.1) is 0 Å². The fraction of sp³-hybridized carbons (Fsp3) is 0.833. The highest BCUT2D eigenvalue weighted by Crippen LogP contribution is 2.16. The summed E-state index contributed by atoms with van der Waals surface area (Å²) in [4.78, 5) is 10.7. The van der Waals surface area contributed by atoms with Crippen molar-refractivity contribution >= 4 is 22.2 Å². The van der Waals surface area contributed by atoms with Crippen molar-refractivity contribution in [2.24, 2.45) is 0 Å². The van der Waals surface area contributed by atoms with Crippen molar-refractivity contribution in [2.75, 3.05) is 0 Å². The van der Waals surface area contributed by atoms with Crippen LogP contribution in [0.15, 0.2) is 12.2 Å². The van der Waals surface area contributed by atoms with Crippen LogP contribution in [0.25, 0.3) is 0 Å². The molecule has 1 radical (unpaired) electrons. The van der Waals surface area contributed by atoms with Crippen LogP contribution in [0.5, 0.6) is 0 Å². The Morgan fingerprint density at radius 2 is 1.60 bits per heavy atom. The molecule has 0 aromatic carbocycles. The summed E-state index contributed by atoms with van der Waals surface area (Å²) in [6.07, 6.45) is 22.4. The minimum Gasteiger partial charge on any atom is -0.291 e. The molecule has 0 saturated carbocycles. The lowest BCUT2D eigenvalue weighted by Crippen LogP contribution is -1.96. The standard InChI is InChI=1S/C18H32BrO/c1-2-3-4-5-6-7-8-9-10-12-15-18(19)16-13-11-14-17-20/h9-10,18H,2-8,11-16H2,1H3/b10-9-. The summed E-state index contributed by atoms with van der Waals surface area (Å²) < 4.78 is 0. The molecule has 0 aliphatic carbocycles. The lowest BCUT2D eigenvalue weighted by molar-refractivity contribution is 0.544. The number of unbranched alkanes of at least 4 members (excludes halogenated alkanes) is 8. The maximum Gasteiger partial charge on any atom is 0.198 e. The van der Waals surface area contributed by atoms with E-state index in [2.05, 4.69) is 35.0 Å². The number of alkyl halides is 1. The van der Waals surface area contributed by atoms with Gasteiger partial charge in [0.05, 0.1) is 0 Å². The molecule has 20 heavy (non-hydrogen) atoms. The van der Waals surface area contributed by atoms with Crippen LogP contribution >= 0.6 is 15.9 Å². The van der Waals surface area contributed by atoms with Gasteiger partial charge in [-0.05, 0) is 38.5 Å². The smallest absolute Gasteiger partial charge is 0.198 e. The summed E-state index contributed by atoms with van der Waals surface area (Å²) in [7, 11) is 0. The van der Waals surface area contributed by atoms with Crippen LogP contribution in [0.4, 0.5) is 0 Å². The van der Waals surface area contributed by atoms with Gasteiger partial charge in [0, 0.05) is 11.2 Å². The Labute approximate surface area is 134 Å². The van der Waals surface area contributed by atoms with Gasteiger partial charge in [-0.3, -0.25) is 4.79 Å². The van der Waals surface area contributed by atoms with Crippen molar-refractivity contribution < 1.29 is 4.79 Å². The van der Waals surface area contributed by atoms with E-state index in [1.54, 1.807) is 0 Å². The zero-order chi connectivity index (χ0) is 14.9. The topological polar surface area (TPSA) is 17.1 Å². The number of rotatable bonds is 15. The summed E-state index contributed by atoms with van der Waals surface area (Å²) in [5.41, 5.74) is 0. The molecule has 0 spiro atoms. The van der Waals surface area contributed by atoms with E-state index in [0.29, 0.717) is 11.2 Å². The highest BCUT2D eigenvalue weighted by atomic mass is 79.9. The molecule has 0 fully saturated rings. The Morgan fingerprint density at radius 3 is 2.35 bits per heavy atom. The van der Waals surface area contributed by atoms with Gasteiger partial charge in [0.1, 0.15) is 0 Å². The largest absolute Gasteiger partial charge is 0.291 e. The first kappa shape index (κ1) is 19.9. The van der Waals surface area contributed by atoms with Crippen molar-refractivity contribution in [2.45, 2.75) is 95.2 Å². The molecule has 0 aliphatic heterocycles. The van der Waals surface area contributed by atoms with Crippen molar-refractivity contribution in [3.05, 3.63) is 12.2 Å². The normalized spacial score (nSPS) is 12.9. The molecule has 1 unspecified atom stereocenters. The van der Waals surface area contributed by atoms with Gasteiger partial charge in [0.2, 0.25) is 0 Å². The second kappa shape index (κ2) is 16.9. The monoisotopic (exact) mass is 343 g/mol. The number of halogens is 1. The summed E-state index contributed by atoms with van der Waals surface area (Å²) >= 11 is 3.72. The third-order valence-corrected chi connectivity index (χ3v) is 4.50. The third-order valence-electron chi connectivity index (χ3n) is 3.58. The zero-order valence-electron chi connectivity index (χ0n) is 13.2. The highest BCUT2D eigenvalue weighted by molar-refractivity contribution is 9.09. The van der Waals surface area contributed by atoms with Gasteiger partial charge in [0.15, 0.2) is 6.29 Å². The fourth-order valence-electron chi connectivity index (χ4n) is 2.26. The predicted molar refractivity (Wildman–Crippen MR) is 93.2 cm³/mol. The van der Waals surface area contributed by atoms with Crippen LogP contribution in [-0.2, 0) is 4.79 Å². The van der Waals surface area contributed by atoms with Gasteiger partial charge in [-0.1, -0.05) is 73.5 Å². The second-order valence-electron chi connectivity index (χ2n) is 5.59. The molecule has 0 rings (SSSR count). The maximum atomic E-state index is 10.1. The van der Waals surface area contributed by atoms with Crippen molar-refractivity contribution in [1.82, 2.24) is 0 Å². The van der Waals surface area contributed by atoms with E-state index in [0.717, 1.165) is 12.8 Å². The molecule has 0 heterocycles. The average molecular weight is 344 g/mol. The molecule has 0 aliphatic rings. The first-order chi connectivity index (χ1) is 9.81. The molecular formula is C18H32BrO. The minimum absolute atomic E-state index is 0.595. The van der Waals surface area contributed by atoms with Crippen molar-refractivity contribution in [1.29, 1.82) is 0 Å². The van der Waals surface area contributed by atoms with E-state index in [-0.39, 0.29) is 0 Å². The Bertz CT molecular complexity index is 225. The summed E-state index contributed by atoms with van der Waals surface area (Å²) in [5, 5.41) is 0. The first-order valence-electron chi connectivity index (χ1n) is 8.45. The van der Waals surface area contributed by atoms with Gasteiger partial charge in [0.25, 0.3) is 0 Å². The van der Waals surface area contributed by atoms with Crippen LogP contribution < -0.4 is 0 Å². The van der Waals surface area contributed by atoms with Crippen molar-refractivity contribution in [3.63, 3.8) is 0 Å². The van der Waals surface area contributed by atoms with Crippen LogP contribution in [0.3, 0.4) is 0 Å². The lowest BCUT2D eigenvalue weighted by atomic mass is 10.1. The molecule has 0 N–H and O–H groups in total. The maximum absolute atomic E-state index is 10.1. The van der Waals surface area contributed by atoms with Crippen LogP contribution in [0.1, 0.15) is 90.4 Å². The highest BCUT2D eigenvalue weighted by Gasteiger charge is 2.02. The number of allylic oxidation sites excluding steroid dienone is 2. The quantitative estimate of drug-likeness (QED) is 0.188. The Hall–Kier alpha value is -0.110. The van der Waals surface area contributed by atoms with Crippen molar-refractivity contribution in [3.8, 4) is 0 Å². The number of hydrogen-bond acceptors (Lipinski definition) is 1. The Morgan fingerprint density at radius 1 is 0.900 bits per heavy atom. The molecule has 1 atom stereocenters. The zero-order valence-corrected chi connectivity index (χ0v) is 14.8. The number of carbonyl (C=O) groups excluding carboxylic acids is 1. The van der Waals surface area contributed by atoms with Gasteiger partial charge in [-0.15, -0.1) is 0 Å². The minimum atomic E-state index is 0.595. The van der Waals surface area contributed by atoms with E-state index in [9.17, 15) is 4.79 Å². The van der Waals surface area contributed by atoms with E-state index in [1.165, 1.54) is 64.2 Å². The van der Waals surface area contributed by atoms with Gasteiger partial charge < -0.3 is 0 Å². The molecule has 0 amide bonds. The second-order valence-corrected chi connectivity index (χ2v) is 6.89. The molecule has 117 valence electrons. The average Bonchev–Trinajstić information content (AvgIpc) is 2.45. The molecule has 0 bridgehead atoms. The first-order valence-corrected chi connectivity index (χ1v) is 9.37. The lowest BCUT2D eigenvalue weighted by Gasteiger charge is -2.06. The number of hydrogen-bond donors (Lipinski definition) is 0. The summed E-state index contributed by atoms with van der Waals surface area (Å²) in [5.74, 6) is 0. The van der Waals surface area contributed by atoms with Crippen LogP contribution in [-0.4, -0.2) is 11.1 Å². The predicted octanol–water partition coefficient (Wildman–Crippen LogP) is 6.51. The van der Waals surface area contributed by atoms with E-state index in [1.807, 2.05) is 6.29 Å². The van der Waals surface area contributed by atoms with Gasteiger partial charge >= 0.3 is 0 Å². The fourth-order valence-corrected chi connectivity index (χ4v) is 2.85. The van der Waals surface area contributed by atoms with E-state index in [4.69, 9.17) is 0 Å². The Balaban J connectivity index is 3.23. The molecular weight excluding hydrogens is 312 g/mol. The summed E-state index contributed by atoms with van der Waals surface area (Å²) in [6.45, 7) is 2.26. The van der Waals surface area contributed by atoms with Gasteiger partial charge in [-0.25, -0.2) is 0 Å².